The molecule has 0 bridgehead atoms. The van der Waals surface area contributed by atoms with Crippen LogP contribution in [-0.2, 0) is 0 Å². The molecule has 0 saturated carbocycles. The summed E-state index contributed by atoms with van der Waals surface area (Å²) < 4.78 is 0. The van der Waals surface area contributed by atoms with E-state index in [0.29, 0.717) is 17.1 Å². The van der Waals surface area contributed by atoms with E-state index in [1.807, 2.05) is 6.07 Å². The van der Waals surface area contributed by atoms with E-state index in [2.05, 4.69) is 15.2 Å². The van der Waals surface area contributed by atoms with E-state index >= 15 is 0 Å². The van der Waals surface area contributed by atoms with Crippen LogP contribution in [0.3, 0.4) is 0 Å². The van der Waals surface area contributed by atoms with Crippen molar-refractivity contribution in [2.75, 3.05) is 5.73 Å². The van der Waals surface area contributed by atoms with Crippen LogP contribution in [-0.4, -0.2) is 15.2 Å². The van der Waals surface area contributed by atoms with Crippen molar-refractivity contribution in [3.8, 4) is 17.5 Å². The molecule has 0 saturated heterocycles. The minimum Gasteiger partial charge on any atom is -0.398 e. The number of H-pyrrole nitrogens is 1. The molecule has 5 heteroatoms. The van der Waals surface area contributed by atoms with Crippen molar-refractivity contribution in [1.29, 1.82) is 5.26 Å². The van der Waals surface area contributed by atoms with Crippen LogP contribution in [0.1, 0.15) is 5.56 Å². The number of benzene rings is 1. The molecule has 0 amide bonds. The first kappa shape index (κ1) is 8.26. The van der Waals surface area contributed by atoms with Gasteiger partial charge in [-0.2, -0.15) is 10.4 Å². The van der Waals surface area contributed by atoms with Gasteiger partial charge >= 0.3 is 0 Å². The highest BCUT2D eigenvalue weighted by molar-refractivity contribution is 5.65. The number of aromatic nitrogens is 3. The first-order chi connectivity index (χ1) is 6.81. The second-order valence-electron chi connectivity index (χ2n) is 2.75. The van der Waals surface area contributed by atoms with Crippen molar-refractivity contribution < 1.29 is 0 Å². The standard InChI is InChI=1S/C9H7N5/c10-4-7-3-6(1-2-8(7)11)9-12-5-13-14-9/h1-3,5H,11H2,(H,12,13,14). The lowest BCUT2D eigenvalue weighted by atomic mass is 10.1. The molecule has 0 spiro atoms. The number of nitrogens with two attached hydrogens (primary N) is 1. The summed E-state index contributed by atoms with van der Waals surface area (Å²) in [5.41, 5.74) is 7.30. The SMILES string of the molecule is N#Cc1cc(-c2ncn[nH]2)ccc1N. The minimum atomic E-state index is 0.443. The molecule has 2 aromatic rings. The lowest BCUT2D eigenvalue weighted by Crippen LogP contribution is -1.91. The second kappa shape index (κ2) is 3.18. The summed E-state index contributed by atoms with van der Waals surface area (Å²) in [6, 6.07) is 7.15. The van der Waals surface area contributed by atoms with Gasteiger partial charge in [0.05, 0.1) is 5.56 Å². The van der Waals surface area contributed by atoms with Crippen LogP contribution in [0.15, 0.2) is 24.5 Å². The van der Waals surface area contributed by atoms with Crippen LogP contribution in [0.5, 0.6) is 0 Å². The van der Waals surface area contributed by atoms with E-state index in [1.165, 1.54) is 6.33 Å². The third-order valence-corrected chi connectivity index (χ3v) is 1.86. The third kappa shape index (κ3) is 1.29. The molecule has 0 unspecified atom stereocenters. The van der Waals surface area contributed by atoms with Crippen LogP contribution in [0.4, 0.5) is 5.69 Å². The highest BCUT2D eigenvalue weighted by atomic mass is 15.2. The Labute approximate surface area is 80.2 Å². The molecule has 0 fully saturated rings. The number of rotatable bonds is 1. The molecule has 14 heavy (non-hydrogen) atoms. The number of anilines is 1. The fourth-order valence-electron chi connectivity index (χ4n) is 1.14. The summed E-state index contributed by atoms with van der Waals surface area (Å²) in [5, 5.41) is 15.2. The fraction of sp³-hybridized carbons (Fsp3) is 0. The van der Waals surface area contributed by atoms with Gasteiger partial charge in [-0.3, -0.25) is 5.10 Å². The van der Waals surface area contributed by atoms with E-state index < -0.39 is 0 Å². The number of nitrogens with one attached hydrogen (secondary N) is 1. The molecular formula is C9H7N5. The van der Waals surface area contributed by atoms with Crippen molar-refractivity contribution in [2.45, 2.75) is 0 Å². The summed E-state index contributed by atoms with van der Waals surface area (Å²) >= 11 is 0. The zero-order valence-corrected chi connectivity index (χ0v) is 7.23. The Morgan fingerprint density at radius 2 is 2.29 bits per heavy atom. The van der Waals surface area contributed by atoms with Crippen LogP contribution in [0, 0.1) is 11.3 Å². The van der Waals surface area contributed by atoms with Gasteiger partial charge < -0.3 is 5.73 Å². The smallest absolute Gasteiger partial charge is 0.155 e. The van der Waals surface area contributed by atoms with Crippen LogP contribution in [0.2, 0.25) is 0 Å². The van der Waals surface area contributed by atoms with Crippen LogP contribution >= 0.6 is 0 Å². The van der Waals surface area contributed by atoms with Gasteiger partial charge in [0.2, 0.25) is 0 Å². The quantitative estimate of drug-likeness (QED) is 0.646. The molecule has 1 heterocycles. The van der Waals surface area contributed by atoms with Gasteiger partial charge in [-0.15, -0.1) is 0 Å². The Bertz CT molecular complexity index is 480. The van der Waals surface area contributed by atoms with Gasteiger partial charge in [0.1, 0.15) is 12.4 Å². The Morgan fingerprint density at radius 3 is 2.93 bits per heavy atom. The summed E-state index contributed by atoms with van der Waals surface area (Å²) in [6.07, 6.45) is 1.41. The number of hydrogen-bond acceptors (Lipinski definition) is 4. The average Bonchev–Trinajstić information content (AvgIpc) is 2.71. The van der Waals surface area contributed by atoms with Gasteiger partial charge in [-0.25, -0.2) is 4.98 Å². The van der Waals surface area contributed by atoms with Gasteiger partial charge in [0, 0.05) is 11.3 Å². The molecule has 0 radical (unpaired) electrons. The Kier molecular flexibility index (Phi) is 1.88. The fourth-order valence-corrected chi connectivity index (χ4v) is 1.14. The van der Waals surface area contributed by atoms with Crippen molar-refractivity contribution in [3.63, 3.8) is 0 Å². The molecule has 1 aromatic heterocycles. The maximum absolute atomic E-state index is 8.76. The normalized spacial score (nSPS) is 9.64. The summed E-state index contributed by atoms with van der Waals surface area (Å²) in [4.78, 5) is 3.97. The molecule has 5 nitrogen and oxygen atoms in total. The maximum Gasteiger partial charge on any atom is 0.155 e. The third-order valence-electron chi connectivity index (χ3n) is 1.86. The molecule has 68 valence electrons. The summed E-state index contributed by atoms with van der Waals surface area (Å²) in [5.74, 6) is 0.626. The molecular weight excluding hydrogens is 178 g/mol. The van der Waals surface area contributed by atoms with Crippen molar-refractivity contribution >= 4 is 5.69 Å². The van der Waals surface area contributed by atoms with Gasteiger partial charge in [-0.05, 0) is 18.2 Å². The molecule has 1 aromatic carbocycles. The van der Waals surface area contributed by atoms with E-state index in [-0.39, 0.29) is 0 Å². The van der Waals surface area contributed by atoms with Crippen molar-refractivity contribution in [3.05, 3.63) is 30.1 Å². The van der Waals surface area contributed by atoms with Gasteiger partial charge in [0.15, 0.2) is 5.82 Å². The Balaban J connectivity index is 2.53. The summed E-state index contributed by atoms with van der Waals surface area (Å²) in [6.45, 7) is 0. The van der Waals surface area contributed by atoms with Crippen molar-refractivity contribution in [2.24, 2.45) is 0 Å². The number of nitrogens with zero attached hydrogens (tertiary/aromatic N) is 3. The zero-order chi connectivity index (χ0) is 9.97. The number of hydrogen-bond donors (Lipinski definition) is 2. The van der Waals surface area contributed by atoms with E-state index in [1.54, 1.807) is 18.2 Å². The molecule has 0 atom stereocenters. The molecule has 0 aliphatic heterocycles. The monoisotopic (exact) mass is 185 g/mol. The first-order valence-electron chi connectivity index (χ1n) is 3.96. The maximum atomic E-state index is 8.76. The lowest BCUT2D eigenvalue weighted by Gasteiger charge is -1.99. The van der Waals surface area contributed by atoms with Crippen molar-refractivity contribution in [1.82, 2.24) is 15.2 Å². The van der Waals surface area contributed by atoms with Crippen LogP contribution in [0.25, 0.3) is 11.4 Å². The molecule has 0 aliphatic carbocycles. The molecule has 0 aliphatic rings. The van der Waals surface area contributed by atoms with E-state index in [4.69, 9.17) is 11.0 Å². The highest BCUT2D eigenvalue weighted by Crippen LogP contribution is 2.19. The predicted octanol–water partition coefficient (Wildman–Crippen LogP) is 0.926. The van der Waals surface area contributed by atoms with E-state index in [0.717, 1.165) is 5.56 Å². The lowest BCUT2D eigenvalue weighted by molar-refractivity contribution is 1.09. The van der Waals surface area contributed by atoms with Gasteiger partial charge in [0.25, 0.3) is 0 Å². The first-order valence-corrected chi connectivity index (χ1v) is 3.96. The topological polar surface area (TPSA) is 91.4 Å². The van der Waals surface area contributed by atoms with E-state index in [9.17, 15) is 0 Å². The van der Waals surface area contributed by atoms with Gasteiger partial charge in [-0.1, -0.05) is 0 Å². The number of nitriles is 1. The second-order valence-corrected chi connectivity index (χ2v) is 2.75. The molecule has 2 rings (SSSR count). The average molecular weight is 185 g/mol. The highest BCUT2D eigenvalue weighted by Gasteiger charge is 2.03. The Hall–Kier alpha value is -2.35. The number of aromatic amines is 1. The summed E-state index contributed by atoms with van der Waals surface area (Å²) in [7, 11) is 0. The zero-order valence-electron chi connectivity index (χ0n) is 7.23. The molecule has 3 N–H and O–H groups in total. The largest absolute Gasteiger partial charge is 0.398 e. The minimum absolute atomic E-state index is 0.443. The Morgan fingerprint density at radius 1 is 1.43 bits per heavy atom. The number of nitrogen functional groups attached to an aromatic ring is 1. The predicted molar refractivity (Wildman–Crippen MR) is 50.9 cm³/mol. The van der Waals surface area contributed by atoms with Crippen LogP contribution < -0.4 is 5.73 Å².